The number of piperidine rings is 1. The molecule has 2 aliphatic rings. The van der Waals surface area contributed by atoms with Crippen LogP contribution in [0.1, 0.15) is 49.9 Å². The summed E-state index contributed by atoms with van der Waals surface area (Å²) in [5.74, 6) is 0.589. The number of carbonyl (C=O) groups is 1. The molecule has 5 heterocycles. The zero-order valence-electron chi connectivity index (χ0n) is 19.4. The third kappa shape index (κ3) is 3.53. The number of amides is 1. The number of hydrogen-bond donors (Lipinski definition) is 1. The number of fused-ring (bicyclic) bond motifs is 3. The van der Waals surface area contributed by atoms with Gasteiger partial charge in [0, 0.05) is 45.5 Å². The maximum atomic E-state index is 13.5. The highest BCUT2D eigenvalue weighted by Gasteiger charge is 2.47. The Kier molecular flexibility index (Phi) is 5.34. The molecule has 1 spiro atoms. The fourth-order valence-electron chi connectivity index (χ4n) is 5.36. The molecule has 0 unspecified atom stereocenters. The van der Waals surface area contributed by atoms with E-state index in [1.165, 1.54) is 16.8 Å². The first-order chi connectivity index (χ1) is 16.1. The van der Waals surface area contributed by atoms with Crippen LogP contribution >= 0.6 is 0 Å². The van der Waals surface area contributed by atoms with Crippen molar-refractivity contribution < 1.29 is 19.4 Å². The van der Waals surface area contributed by atoms with Crippen molar-refractivity contribution in [3.05, 3.63) is 47.5 Å². The molecule has 0 radical (unpaired) electrons. The highest BCUT2D eigenvalue weighted by Crippen LogP contribution is 2.44. The predicted molar refractivity (Wildman–Crippen MR) is 123 cm³/mol. The van der Waals surface area contributed by atoms with Crippen LogP contribution in [0.2, 0.25) is 0 Å². The number of halogens is 3. The van der Waals surface area contributed by atoms with E-state index in [4.69, 9.17) is 0 Å². The number of likely N-dealkylation sites (N-methyl/N-ethyl adjacent to an activating group) is 1. The second kappa shape index (κ2) is 8.00. The number of nitrogens with one attached hydrogen (secondary N) is 1. The van der Waals surface area contributed by atoms with E-state index < -0.39 is 17.4 Å². The number of hydrogen-bond acceptors (Lipinski definition) is 5. The van der Waals surface area contributed by atoms with Crippen molar-refractivity contribution in [2.75, 3.05) is 32.0 Å². The quantitative estimate of drug-likeness (QED) is 0.623. The minimum atomic E-state index is -4.38. The van der Waals surface area contributed by atoms with Gasteiger partial charge in [-0.1, -0.05) is 0 Å². The first kappa shape index (κ1) is 22.7. The monoisotopic (exact) mass is 477 g/mol. The Morgan fingerprint density at radius 2 is 1.88 bits per heavy atom. The molecule has 184 valence electrons. The molecule has 2 aliphatic heterocycles. The molecule has 3 aromatic rings. The Hall–Kier alpha value is -3.08. The normalized spacial score (nSPS) is 18.6. The number of nitrogens with zero attached hydrogens (tertiary/aromatic N) is 6. The standard InChI is InChI=1S/C23H28F3N7O.H2/c1-15(2)29-19-6-9-27-20-16(14-28-33(19)20)21(34)31-10-7-22(8-11-31)17-4-5-18(23(24,25)26)32(17)13-12-30(22)3;/h4-6,9,14-15,29H,7-8,10-13H2,1-3H3;1H. The van der Waals surface area contributed by atoms with Gasteiger partial charge in [0.25, 0.3) is 5.91 Å². The lowest BCUT2D eigenvalue weighted by atomic mass is 9.81. The first-order valence-electron chi connectivity index (χ1n) is 11.5. The topological polar surface area (TPSA) is 70.7 Å². The number of aromatic nitrogens is 4. The third-order valence-electron chi connectivity index (χ3n) is 7.08. The summed E-state index contributed by atoms with van der Waals surface area (Å²) in [5.41, 5.74) is 0.462. The van der Waals surface area contributed by atoms with Gasteiger partial charge in [-0.3, -0.25) is 9.69 Å². The van der Waals surface area contributed by atoms with Crippen molar-refractivity contribution in [1.29, 1.82) is 0 Å². The highest BCUT2D eigenvalue weighted by molar-refractivity contribution is 5.99. The molecule has 0 saturated carbocycles. The van der Waals surface area contributed by atoms with Gasteiger partial charge in [0.2, 0.25) is 0 Å². The van der Waals surface area contributed by atoms with Crippen LogP contribution in [-0.2, 0) is 18.3 Å². The molecule has 0 atom stereocenters. The van der Waals surface area contributed by atoms with Crippen LogP contribution in [0.25, 0.3) is 5.65 Å². The molecular formula is C23H30F3N7O. The predicted octanol–water partition coefficient (Wildman–Crippen LogP) is 3.69. The second-order valence-electron chi connectivity index (χ2n) is 9.42. The van der Waals surface area contributed by atoms with Gasteiger partial charge in [0.05, 0.1) is 11.7 Å². The molecule has 34 heavy (non-hydrogen) atoms. The second-order valence-corrected chi connectivity index (χ2v) is 9.42. The van der Waals surface area contributed by atoms with E-state index in [9.17, 15) is 18.0 Å². The van der Waals surface area contributed by atoms with Gasteiger partial charge in [-0.05, 0) is 51.9 Å². The average Bonchev–Trinajstić information content (AvgIpc) is 3.42. The number of rotatable bonds is 3. The zero-order valence-corrected chi connectivity index (χ0v) is 19.4. The molecule has 3 aromatic heterocycles. The Bertz CT molecular complexity index is 1230. The smallest absolute Gasteiger partial charge is 0.368 e. The van der Waals surface area contributed by atoms with Crippen molar-refractivity contribution in [3.63, 3.8) is 0 Å². The largest absolute Gasteiger partial charge is 0.431 e. The van der Waals surface area contributed by atoms with Gasteiger partial charge in [0.15, 0.2) is 5.65 Å². The molecule has 0 aliphatic carbocycles. The summed E-state index contributed by atoms with van der Waals surface area (Å²) in [6.45, 7) is 5.75. The van der Waals surface area contributed by atoms with Crippen LogP contribution in [0.3, 0.4) is 0 Å². The van der Waals surface area contributed by atoms with E-state index in [0.717, 1.165) is 5.82 Å². The SMILES string of the molecule is CC(C)Nc1ccnc2c(C(=O)N3CCC4(CC3)c3ccc(C(F)(F)F)n3CCN4C)cnn12.[HH]. The summed E-state index contributed by atoms with van der Waals surface area (Å²) in [6.07, 6.45) is -0.0837. The van der Waals surface area contributed by atoms with Gasteiger partial charge in [-0.25, -0.2) is 4.98 Å². The summed E-state index contributed by atoms with van der Waals surface area (Å²) in [7, 11) is 1.96. The van der Waals surface area contributed by atoms with Gasteiger partial charge in [0.1, 0.15) is 17.1 Å². The molecular weight excluding hydrogens is 447 g/mol. The van der Waals surface area contributed by atoms with E-state index in [1.807, 2.05) is 27.0 Å². The minimum Gasteiger partial charge on any atom is -0.368 e. The van der Waals surface area contributed by atoms with E-state index in [0.29, 0.717) is 55.9 Å². The highest BCUT2D eigenvalue weighted by atomic mass is 19.4. The number of likely N-dealkylation sites (tertiary alicyclic amines) is 1. The van der Waals surface area contributed by atoms with Crippen LogP contribution in [0.5, 0.6) is 0 Å². The van der Waals surface area contributed by atoms with E-state index in [1.54, 1.807) is 21.7 Å². The van der Waals surface area contributed by atoms with Crippen molar-refractivity contribution in [2.45, 2.75) is 51.0 Å². The van der Waals surface area contributed by atoms with E-state index in [-0.39, 0.29) is 13.4 Å². The van der Waals surface area contributed by atoms with Crippen molar-refractivity contribution in [2.24, 2.45) is 0 Å². The summed E-state index contributed by atoms with van der Waals surface area (Å²) >= 11 is 0. The van der Waals surface area contributed by atoms with Crippen LogP contribution in [0.4, 0.5) is 19.0 Å². The molecule has 1 amide bonds. The van der Waals surface area contributed by atoms with Crippen molar-refractivity contribution in [1.82, 2.24) is 29.0 Å². The zero-order chi connectivity index (χ0) is 24.3. The van der Waals surface area contributed by atoms with Gasteiger partial charge in [-0.2, -0.15) is 22.8 Å². The van der Waals surface area contributed by atoms with Crippen LogP contribution in [0, 0.1) is 0 Å². The summed E-state index contributed by atoms with van der Waals surface area (Å²) in [4.78, 5) is 21.7. The average molecular weight is 478 g/mol. The Morgan fingerprint density at radius 1 is 1.15 bits per heavy atom. The van der Waals surface area contributed by atoms with Gasteiger partial charge < -0.3 is 14.8 Å². The van der Waals surface area contributed by atoms with E-state index in [2.05, 4.69) is 20.3 Å². The Morgan fingerprint density at radius 3 is 2.56 bits per heavy atom. The number of anilines is 1. The Balaban J connectivity index is 0.00000289. The lowest BCUT2D eigenvalue weighted by Gasteiger charge is -2.50. The fraction of sp³-hybridized carbons (Fsp3) is 0.522. The molecule has 1 N–H and O–H groups in total. The maximum Gasteiger partial charge on any atom is 0.431 e. The fourth-order valence-corrected chi connectivity index (χ4v) is 5.36. The summed E-state index contributed by atoms with van der Waals surface area (Å²) < 4.78 is 43.6. The summed E-state index contributed by atoms with van der Waals surface area (Å²) in [5, 5.41) is 7.66. The van der Waals surface area contributed by atoms with Crippen LogP contribution in [0.15, 0.2) is 30.6 Å². The lowest BCUT2D eigenvalue weighted by Crippen LogP contribution is -2.56. The Labute approximate surface area is 196 Å². The lowest BCUT2D eigenvalue weighted by molar-refractivity contribution is -0.144. The third-order valence-corrected chi connectivity index (χ3v) is 7.08. The van der Waals surface area contributed by atoms with E-state index >= 15 is 0 Å². The van der Waals surface area contributed by atoms with Gasteiger partial charge >= 0.3 is 6.18 Å². The molecule has 1 fully saturated rings. The van der Waals surface area contributed by atoms with Crippen molar-refractivity contribution >= 4 is 17.4 Å². The number of alkyl halides is 3. The maximum absolute atomic E-state index is 13.5. The number of carbonyl (C=O) groups excluding carboxylic acids is 1. The first-order valence-corrected chi connectivity index (χ1v) is 11.5. The molecule has 1 saturated heterocycles. The molecule has 0 aromatic carbocycles. The van der Waals surface area contributed by atoms with Crippen LogP contribution < -0.4 is 5.32 Å². The van der Waals surface area contributed by atoms with Crippen molar-refractivity contribution in [3.8, 4) is 0 Å². The summed E-state index contributed by atoms with van der Waals surface area (Å²) in [6, 6.07) is 4.79. The molecule has 5 rings (SSSR count). The van der Waals surface area contributed by atoms with Gasteiger partial charge in [-0.15, -0.1) is 0 Å². The molecule has 8 nitrogen and oxygen atoms in total. The minimum absolute atomic E-state index is 0. The molecule has 11 heteroatoms. The molecule has 0 bridgehead atoms. The van der Waals surface area contributed by atoms with Crippen LogP contribution in [-0.4, -0.2) is 67.6 Å².